The molecule has 126 valence electrons. The van der Waals surface area contributed by atoms with Crippen molar-refractivity contribution in [2.75, 3.05) is 13.2 Å². The molecule has 1 saturated carbocycles. The Kier molecular flexibility index (Phi) is 3.82. The van der Waals surface area contributed by atoms with E-state index in [1.807, 2.05) is 0 Å². The second-order valence-electron chi connectivity index (χ2n) is 6.36. The lowest BCUT2D eigenvalue weighted by molar-refractivity contribution is -0.205. The van der Waals surface area contributed by atoms with E-state index in [4.69, 9.17) is 9.47 Å². The normalized spacial score (nSPS) is 30.3. The van der Waals surface area contributed by atoms with E-state index in [-0.39, 0.29) is 11.4 Å². The maximum atomic E-state index is 12.5. The standard InChI is InChI=1S/C15H17F3N2O3/c1-10(21)22-8-13-2-4-14(5-3-13,23-9-13)11-6-19-12(20-7-11)15(16,17)18/h6-7H,2-5,8-9H2,1H3. The van der Waals surface area contributed by atoms with E-state index in [9.17, 15) is 18.0 Å². The fraction of sp³-hybridized carbons (Fsp3) is 0.667. The number of hydrogen-bond acceptors (Lipinski definition) is 5. The molecule has 5 nitrogen and oxygen atoms in total. The van der Waals surface area contributed by atoms with Gasteiger partial charge in [-0.2, -0.15) is 13.2 Å². The van der Waals surface area contributed by atoms with Crippen molar-refractivity contribution < 1.29 is 27.4 Å². The van der Waals surface area contributed by atoms with Crippen LogP contribution in [0.5, 0.6) is 0 Å². The van der Waals surface area contributed by atoms with Crippen LogP contribution < -0.4 is 0 Å². The smallest absolute Gasteiger partial charge is 0.451 e. The summed E-state index contributed by atoms with van der Waals surface area (Å²) in [4.78, 5) is 17.8. The zero-order valence-corrected chi connectivity index (χ0v) is 12.7. The number of hydrogen-bond donors (Lipinski definition) is 0. The number of ether oxygens (including phenoxy) is 2. The van der Waals surface area contributed by atoms with Crippen LogP contribution in [0.1, 0.15) is 44.0 Å². The molecule has 0 amide bonds. The first-order valence-corrected chi connectivity index (χ1v) is 7.42. The van der Waals surface area contributed by atoms with Crippen LogP contribution in [0.3, 0.4) is 0 Å². The van der Waals surface area contributed by atoms with E-state index < -0.39 is 17.6 Å². The predicted octanol–water partition coefficient (Wildman–Crippen LogP) is 2.84. The molecule has 1 aromatic rings. The summed E-state index contributed by atoms with van der Waals surface area (Å²) < 4.78 is 48.7. The van der Waals surface area contributed by atoms with Crippen LogP contribution in [0.2, 0.25) is 0 Å². The number of alkyl halides is 3. The lowest BCUT2D eigenvalue weighted by Gasteiger charge is -2.52. The number of halogens is 3. The Bertz CT molecular complexity index is 576. The Hall–Kier alpha value is -1.70. The van der Waals surface area contributed by atoms with Crippen LogP contribution in [0.15, 0.2) is 12.4 Å². The zero-order valence-electron chi connectivity index (χ0n) is 12.7. The molecule has 0 N–H and O–H groups in total. The summed E-state index contributed by atoms with van der Waals surface area (Å²) in [7, 11) is 0. The van der Waals surface area contributed by atoms with Crippen LogP contribution in [-0.2, 0) is 26.0 Å². The fourth-order valence-electron chi connectivity index (χ4n) is 3.29. The van der Waals surface area contributed by atoms with E-state index in [0.717, 1.165) is 12.8 Å². The number of carbonyl (C=O) groups excluding carboxylic acids is 1. The van der Waals surface area contributed by atoms with Crippen molar-refractivity contribution in [2.45, 2.75) is 44.4 Å². The minimum Gasteiger partial charge on any atom is -0.465 e. The lowest BCUT2D eigenvalue weighted by atomic mass is 9.65. The molecule has 2 bridgehead atoms. The SMILES string of the molecule is CC(=O)OCC12CCC(c3cnc(C(F)(F)F)nc3)(CC1)OC2. The van der Waals surface area contributed by atoms with Gasteiger partial charge in [-0.15, -0.1) is 0 Å². The summed E-state index contributed by atoms with van der Waals surface area (Å²) in [6, 6.07) is 0. The molecule has 0 spiro atoms. The number of esters is 1. The first kappa shape index (κ1) is 16.2. The average molecular weight is 330 g/mol. The molecule has 0 atom stereocenters. The largest absolute Gasteiger partial charge is 0.465 e. The maximum absolute atomic E-state index is 12.5. The average Bonchev–Trinajstić information content (AvgIpc) is 2.54. The van der Waals surface area contributed by atoms with E-state index >= 15 is 0 Å². The molecule has 0 aromatic carbocycles. The first-order valence-electron chi connectivity index (χ1n) is 7.42. The van der Waals surface area contributed by atoms with Crippen LogP contribution in [0.25, 0.3) is 0 Å². The van der Waals surface area contributed by atoms with Crippen LogP contribution in [0.4, 0.5) is 13.2 Å². The number of aromatic nitrogens is 2. The molecule has 4 rings (SSSR count). The Morgan fingerprint density at radius 3 is 2.30 bits per heavy atom. The third-order valence-electron chi connectivity index (χ3n) is 4.79. The van der Waals surface area contributed by atoms with Gasteiger partial charge in [0, 0.05) is 30.3 Å². The quantitative estimate of drug-likeness (QED) is 0.798. The van der Waals surface area contributed by atoms with Gasteiger partial charge in [0.05, 0.1) is 18.8 Å². The predicted molar refractivity (Wildman–Crippen MR) is 72.2 cm³/mol. The third-order valence-corrected chi connectivity index (χ3v) is 4.79. The van der Waals surface area contributed by atoms with Gasteiger partial charge >= 0.3 is 12.1 Å². The summed E-state index contributed by atoms with van der Waals surface area (Å²) in [6.07, 6.45) is 0.768. The van der Waals surface area contributed by atoms with Gasteiger partial charge in [-0.25, -0.2) is 9.97 Å². The van der Waals surface area contributed by atoms with Gasteiger partial charge < -0.3 is 9.47 Å². The first-order chi connectivity index (χ1) is 10.7. The summed E-state index contributed by atoms with van der Waals surface area (Å²) in [5.41, 5.74) is -0.228. The Balaban J connectivity index is 1.73. The highest BCUT2D eigenvalue weighted by Gasteiger charge is 2.51. The molecule has 23 heavy (non-hydrogen) atoms. The molecule has 2 saturated heterocycles. The summed E-state index contributed by atoms with van der Waals surface area (Å²) in [5, 5.41) is 0. The molecular weight excluding hydrogens is 313 g/mol. The van der Waals surface area contributed by atoms with Crippen molar-refractivity contribution in [3.8, 4) is 0 Å². The topological polar surface area (TPSA) is 61.3 Å². The van der Waals surface area contributed by atoms with Gasteiger partial charge in [0.2, 0.25) is 5.82 Å². The van der Waals surface area contributed by atoms with Crippen molar-refractivity contribution in [2.24, 2.45) is 5.41 Å². The number of fused-ring (bicyclic) bond motifs is 3. The van der Waals surface area contributed by atoms with Crippen LogP contribution in [-0.4, -0.2) is 29.2 Å². The molecule has 1 aliphatic carbocycles. The van der Waals surface area contributed by atoms with Gasteiger partial charge in [0.15, 0.2) is 0 Å². The van der Waals surface area contributed by atoms with Crippen molar-refractivity contribution in [1.82, 2.24) is 9.97 Å². The lowest BCUT2D eigenvalue weighted by Crippen LogP contribution is -2.51. The minimum atomic E-state index is -4.55. The van der Waals surface area contributed by atoms with E-state index in [0.29, 0.717) is 31.6 Å². The molecule has 8 heteroatoms. The van der Waals surface area contributed by atoms with E-state index in [2.05, 4.69) is 9.97 Å². The van der Waals surface area contributed by atoms with Crippen molar-refractivity contribution in [3.05, 3.63) is 23.8 Å². The third kappa shape index (κ3) is 3.04. The second-order valence-corrected chi connectivity index (χ2v) is 6.36. The van der Waals surface area contributed by atoms with Gasteiger partial charge in [-0.1, -0.05) is 0 Å². The van der Waals surface area contributed by atoms with Gasteiger partial charge in [-0.3, -0.25) is 4.79 Å². The minimum absolute atomic E-state index is 0.180. The monoisotopic (exact) mass is 330 g/mol. The molecule has 3 fully saturated rings. The summed E-state index contributed by atoms with van der Waals surface area (Å²) >= 11 is 0. The van der Waals surface area contributed by atoms with E-state index in [1.54, 1.807) is 0 Å². The molecule has 0 radical (unpaired) electrons. The highest BCUT2D eigenvalue weighted by Crippen LogP contribution is 2.53. The molecule has 3 heterocycles. The number of nitrogens with zero attached hydrogens (tertiary/aromatic N) is 2. The molecule has 1 aromatic heterocycles. The molecular formula is C15H17F3N2O3. The van der Waals surface area contributed by atoms with Gasteiger partial charge in [-0.05, 0) is 25.7 Å². The highest BCUT2D eigenvalue weighted by atomic mass is 19.4. The van der Waals surface area contributed by atoms with Crippen LogP contribution in [0, 0.1) is 5.41 Å². The summed E-state index contributed by atoms with van der Waals surface area (Å²) in [6.45, 7) is 2.11. The van der Waals surface area contributed by atoms with Crippen molar-refractivity contribution in [3.63, 3.8) is 0 Å². The number of rotatable bonds is 3. The maximum Gasteiger partial charge on any atom is 0.451 e. The van der Waals surface area contributed by atoms with E-state index in [1.165, 1.54) is 19.3 Å². The zero-order chi connectivity index (χ0) is 16.7. The van der Waals surface area contributed by atoms with Gasteiger partial charge in [0.25, 0.3) is 0 Å². The fourth-order valence-corrected chi connectivity index (χ4v) is 3.29. The Morgan fingerprint density at radius 2 is 1.87 bits per heavy atom. The van der Waals surface area contributed by atoms with Gasteiger partial charge in [0.1, 0.15) is 0 Å². The Morgan fingerprint density at radius 1 is 1.26 bits per heavy atom. The molecule has 2 aliphatic heterocycles. The molecule has 0 unspecified atom stereocenters. The van der Waals surface area contributed by atoms with Crippen molar-refractivity contribution in [1.29, 1.82) is 0 Å². The van der Waals surface area contributed by atoms with Crippen LogP contribution >= 0.6 is 0 Å². The second kappa shape index (κ2) is 5.43. The number of carbonyl (C=O) groups is 1. The Labute approximate surface area is 131 Å². The molecule has 3 aliphatic rings. The highest BCUT2D eigenvalue weighted by molar-refractivity contribution is 5.65. The van der Waals surface area contributed by atoms with Crippen molar-refractivity contribution >= 4 is 5.97 Å². The summed E-state index contributed by atoms with van der Waals surface area (Å²) in [5.74, 6) is -1.47.